The molecule has 0 aliphatic carbocycles. The van der Waals surface area contributed by atoms with Crippen LogP contribution in [0.15, 0.2) is 12.7 Å². The number of nitrogens with two attached hydrogens (primary N) is 1. The number of phosphoric ester groups is 1. The molecule has 2 aromatic heterocycles. The van der Waals surface area contributed by atoms with Crippen LogP contribution in [0.2, 0.25) is 0 Å². The number of imidazole rings is 1. The lowest BCUT2D eigenvalue weighted by molar-refractivity contribution is -0.255. The first kappa shape index (κ1) is 25.7. The van der Waals surface area contributed by atoms with Gasteiger partial charge in [-0.05, 0) is 13.8 Å². The third-order valence-corrected chi connectivity index (χ3v) is 9.15. The van der Waals surface area contributed by atoms with Gasteiger partial charge in [0.15, 0.2) is 23.3 Å². The monoisotopic (exact) mass is 547 g/mol. The Balaban J connectivity index is 1.58. The molecule has 18 nitrogen and oxygen atoms in total. The zero-order valence-electron chi connectivity index (χ0n) is 17.3. The Hall–Kier alpha value is -1.36. The number of anilines is 1. The average molecular weight is 547 g/mol. The van der Waals surface area contributed by atoms with E-state index in [4.69, 9.17) is 29.5 Å². The predicted molar refractivity (Wildman–Crippen MR) is 107 cm³/mol. The molecule has 2 fully saturated rings. The minimum absolute atomic E-state index is 0.0936. The molecule has 2 bridgehead atoms. The molecule has 0 saturated carbocycles. The van der Waals surface area contributed by atoms with Gasteiger partial charge in [-0.15, -0.1) is 0 Å². The van der Waals surface area contributed by atoms with E-state index >= 15 is 0 Å². The van der Waals surface area contributed by atoms with Gasteiger partial charge in [-0.25, -0.2) is 28.6 Å². The second-order valence-electron chi connectivity index (χ2n) is 7.88. The molecule has 4 heterocycles. The number of ether oxygens (including phenoxy) is 2. The number of aliphatic hydroxyl groups excluding tert-OH is 1. The van der Waals surface area contributed by atoms with Crippen molar-refractivity contribution in [2.75, 3.05) is 12.3 Å². The van der Waals surface area contributed by atoms with Gasteiger partial charge in [-0.3, -0.25) is 9.09 Å². The van der Waals surface area contributed by atoms with Crippen molar-refractivity contribution >= 4 is 40.4 Å². The van der Waals surface area contributed by atoms with E-state index in [-0.39, 0.29) is 17.0 Å². The fraction of sp³-hybridized carbons (Fsp3) is 0.615. The fourth-order valence-corrected chi connectivity index (χ4v) is 6.93. The normalized spacial score (nSPS) is 32.0. The first-order valence-corrected chi connectivity index (χ1v) is 13.7. The van der Waals surface area contributed by atoms with Gasteiger partial charge in [0.25, 0.3) is 0 Å². The van der Waals surface area contributed by atoms with E-state index in [1.54, 1.807) is 0 Å². The highest BCUT2D eigenvalue weighted by Crippen LogP contribution is 2.67. The Morgan fingerprint density at radius 3 is 2.41 bits per heavy atom. The summed E-state index contributed by atoms with van der Waals surface area (Å²) in [6, 6.07) is 0. The molecule has 2 unspecified atom stereocenters. The zero-order chi connectivity index (χ0) is 25.3. The third kappa shape index (κ3) is 4.47. The number of rotatable bonds is 8. The van der Waals surface area contributed by atoms with Gasteiger partial charge in [0, 0.05) is 0 Å². The van der Waals surface area contributed by atoms with Crippen molar-refractivity contribution in [2.24, 2.45) is 0 Å². The van der Waals surface area contributed by atoms with Crippen LogP contribution in [-0.4, -0.2) is 74.2 Å². The second kappa shape index (κ2) is 8.08. The minimum Gasteiger partial charge on any atom is -0.387 e. The summed E-state index contributed by atoms with van der Waals surface area (Å²) in [4.78, 5) is 48.4. The maximum absolute atomic E-state index is 12.2. The summed E-state index contributed by atoms with van der Waals surface area (Å²) < 4.78 is 60.0. The first-order chi connectivity index (χ1) is 15.5. The fourth-order valence-electron chi connectivity index (χ4n) is 3.88. The van der Waals surface area contributed by atoms with Crippen molar-refractivity contribution in [3.8, 4) is 0 Å². The highest BCUT2D eigenvalue weighted by molar-refractivity contribution is 7.66. The predicted octanol–water partition coefficient (Wildman–Crippen LogP) is -0.442. The minimum atomic E-state index is -5.72. The Morgan fingerprint density at radius 1 is 1.09 bits per heavy atom. The van der Waals surface area contributed by atoms with Gasteiger partial charge >= 0.3 is 23.5 Å². The first-order valence-electron chi connectivity index (χ1n) is 9.22. The second-order valence-corrected chi connectivity index (χ2v) is 12.3. The van der Waals surface area contributed by atoms with Gasteiger partial charge < -0.3 is 39.9 Å². The summed E-state index contributed by atoms with van der Waals surface area (Å²) >= 11 is 0. The Kier molecular flexibility index (Phi) is 6.11. The number of hydrogen-bond acceptors (Lipinski definition) is 13. The van der Waals surface area contributed by atoms with Crippen LogP contribution in [0.3, 0.4) is 0 Å². The molecule has 190 valence electrons. The molecule has 0 spiro atoms. The highest BCUT2D eigenvalue weighted by Gasteiger charge is 2.71. The van der Waals surface area contributed by atoms with Crippen LogP contribution < -0.4 is 5.73 Å². The van der Waals surface area contributed by atoms with E-state index in [0.29, 0.717) is 0 Å². The average Bonchev–Trinajstić information content (AvgIpc) is 3.24. The van der Waals surface area contributed by atoms with Crippen LogP contribution in [0.1, 0.15) is 20.1 Å². The van der Waals surface area contributed by atoms with E-state index in [9.17, 15) is 28.6 Å². The molecule has 6 atom stereocenters. The van der Waals surface area contributed by atoms with Crippen LogP contribution in [0, 0.1) is 0 Å². The largest absolute Gasteiger partial charge is 0.490 e. The number of nitrogens with zero attached hydrogens (tertiary/aromatic N) is 4. The lowest BCUT2D eigenvalue weighted by atomic mass is 9.84. The maximum Gasteiger partial charge on any atom is 0.490 e. The van der Waals surface area contributed by atoms with Crippen LogP contribution in [-0.2, 0) is 36.3 Å². The number of phosphoric acid groups is 3. The van der Waals surface area contributed by atoms with E-state index < -0.39 is 59.7 Å². The van der Waals surface area contributed by atoms with Gasteiger partial charge in [0.2, 0.25) is 0 Å². The van der Waals surface area contributed by atoms with Gasteiger partial charge in [0.1, 0.15) is 24.1 Å². The summed E-state index contributed by atoms with van der Waals surface area (Å²) in [6.07, 6.45) is -1.02. The molecule has 34 heavy (non-hydrogen) atoms. The summed E-state index contributed by atoms with van der Waals surface area (Å²) in [6.45, 7) is 2.08. The Morgan fingerprint density at radius 2 is 1.76 bits per heavy atom. The third-order valence-electron chi connectivity index (χ3n) is 5.37. The van der Waals surface area contributed by atoms with Crippen molar-refractivity contribution in [1.29, 1.82) is 0 Å². The number of aromatic nitrogens is 4. The Bertz CT molecular complexity index is 1260. The molecule has 0 amide bonds. The molecule has 0 radical (unpaired) electrons. The number of nitrogen functional groups attached to an aromatic ring is 1. The molecule has 2 saturated heterocycles. The smallest absolute Gasteiger partial charge is 0.387 e. The van der Waals surface area contributed by atoms with Crippen LogP contribution in [0.25, 0.3) is 11.2 Å². The Labute approximate surface area is 190 Å². The molecule has 21 heteroatoms. The van der Waals surface area contributed by atoms with E-state index in [2.05, 4.69) is 23.6 Å². The van der Waals surface area contributed by atoms with Gasteiger partial charge in [0.05, 0.1) is 18.5 Å². The lowest BCUT2D eigenvalue weighted by Gasteiger charge is -2.42. The van der Waals surface area contributed by atoms with Crippen LogP contribution in [0.5, 0.6) is 0 Å². The number of hydrogen-bond donors (Lipinski definition) is 6. The van der Waals surface area contributed by atoms with Crippen molar-refractivity contribution < 1.29 is 61.0 Å². The highest BCUT2D eigenvalue weighted by atomic mass is 31.3. The summed E-state index contributed by atoms with van der Waals surface area (Å²) in [5.74, 6) is 0.0936. The summed E-state index contributed by atoms with van der Waals surface area (Å²) in [7, 11) is -16.8. The maximum atomic E-state index is 12.2. The number of aliphatic hydroxyl groups is 1. The molecular weight excluding hydrogens is 527 g/mol. The van der Waals surface area contributed by atoms with E-state index in [1.165, 1.54) is 31.1 Å². The van der Waals surface area contributed by atoms with Gasteiger partial charge in [-0.1, -0.05) is 0 Å². The summed E-state index contributed by atoms with van der Waals surface area (Å²) in [5, 5.41) is 10.9. The standard InChI is InChI=1S/C13H20N5O13P3/c1-12(2)13(3-27-33(23,24)31-34(25,26)30-32(20,21)22)8(19)7(28-12)11(29-13)18-5-17-6-9(14)15-4-16-10(6)18/h4-5,7-8,11,19H,3H2,1-2H3,(H,23,24)(H,25,26)(H2,14,15,16)(H2,20,21,22)/t7-,8+,11-,13-/m1/s1. The molecule has 7 N–H and O–H groups in total. The van der Waals surface area contributed by atoms with Crippen molar-refractivity contribution in [3.63, 3.8) is 0 Å². The molecule has 0 aromatic carbocycles. The van der Waals surface area contributed by atoms with Crippen molar-refractivity contribution in [3.05, 3.63) is 12.7 Å². The van der Waals surface area contributed by atoms with Gasteiger partial charge in [-0.2, -0.15) is 8.62 Å². The van der Waals surface area contributed by atoms with Crippen LogP contribution in [0.4, 0.5) is 5.82 Å². The van der Waals surface area contributed by atoms with E-state index in [0.717, 1.165) is 0 Å². The quantitative estimate of drug-likeness (QED) is 0.229. The molecule has 2 aliphatic rings. The lowest BCUT2D eigenvalue weighted by Crippen LogP contribution is -2.57. The molecule has 4 rings (SSSR count). The van der Waals surface area contributed by atoms with Crippen molar-refractivity contribution in [1.82, 2.24) is 19.5 Å². The SMILES string of the molecule is CC1(C)O[C@H]2[C@H](n3cnc4c(N)ncnc43)O[C@]1(COP(=O)(O)OP(=O)(O)OP(=O)(O)O)[C@H]2O. The molecule has 2 aliphatic heterocycles. The van der Waals surface area contributed by atoms with Crippen LogP contribution >= 0.6 is 23.5 Å². The number of fused-ring (bicyclic) bond motifs is 3. The van der Waals surface area contributed by atoms with Crippen molar-refractivity contribution in [2.45, 2.75) is 43.5 Å². The zero-order valence-corrected chi connectivity index (χ0v) is 20.0. The topological polar surface area (TPSA) is 268 Å². The molecular formula is C13H20N5O13P3. The summed E-state index contributed by atoms with van der Waals surface area (Å²) in [5.41, 5.74) is 3.15. The van der Waals surface area contributed by atoms with E-state index in [1.807, 2.05) is 0 Å². The molecule has 2 aromatic rings.